The molecule has 2 aromatic heterocycles. The van der Waals surface area contributed by atoms with E-state index < -0.39 is 11.6 Å². The minimum atomic E-state index is -0.590. The zero-order valence-corrected chi connectivity index (χ0v) is 10.8. The summed E-state index contributed by atoms with van der Waals surface area (Å²) in [6, 6.07) is 7.30. The van der Waals surface area contributed by atoms with Crippen molar-refractivity contribution in [1.29, 1.82) is 0 Å². The predicted molar refractivity (Wildman–Crippen MR) is 71.4 cm³/mol. The van der Waals surface area contributed by atoms with Crippen molar-refractivity contribution in [2.45, 2.75) is 13.5 Å². The Morgan fingerprint density at radius 1 is 1.25 bits per heavy atom. The Morgan fingerprint density at radius 3 is 2.85 bits per heavy atom. The van der Waals surface area contributed by atoms with Crippen molar-refractivity contribution in [3.63, 3.8) is 0 Å². The van der Waals surface area contributed by atoms with Gasteiger partial charge in [-0.1, -0.05) is 12.1 Å². The Labute approximate surface area is 114 Å². The molecule has 2 heterocycles. The zero-order valence-electron chi connectivity index (χ0n) is 10.8. The average molecular weight is 274 g/mol. The highest BCUT2D eigenvalue weighted by molar-refractivity contribution is 5.49. The minimum absolute atomic E-state index is 0.196. The second kappa shape index (κ2) is 4.88. The van der Waals surface area contributed by atoms with E-state index in [1.165, 1.54) is 12.1 Å². The fourth-order valence-corrected chi connectivity index (χ4v) is 1.95. The highest BCUT2D eigenvalue weighted by Gasteiger charge is 2.07. The van der Waals surface area contributed by atoms with Crippen LogP contribution in [0.5, 0.6) is 0 Å². The number of hydrogen-bond donors (Lipinski definition) is 1. The van der Waals surface area contributed by atoms with Crippen molar-refractivity contribution < 1.29 is 8.78 Å². The molecule has 6 heteroatoms. The summed E-state index contributed by atoms with van der Waals surface area (Å²) in [5.41, 5.74) is 2.11. The second-order valence-electron chi connectivity index (χ2n) is 4.48. The van der Waals surface area contributed by atoms with Gasteiger partial charge >= 0.3 is 0 Å². The second-order valence-corrected chi connectivity index (χ2v) is 4.48. The molecule has 0 spiro atoms. The molecule has 0 aliphatic rings. The predicted octanol–water partition coefficient (Wildman–Crippen LogP) is 2.93. The molecule has 4 nitrogen and oxygen atoms in total. The van der Waals surface area contributed by atoms with Crippen molar-refractivity contribution in [2.75, 3.05) is 5.32 Å². The fraction of sp³-hybridized carbons (Fsp3) is 0.143. The number of hydrogen-bond acceptors (Lipinski definition) is 3. The van der Waals surface area contributed by atoms with Gasteiger partial charge in [0.15, 0.2) is 5.65 Å². The van der Waals surface area contributed by atoms with Crippen LogP contribution >= 0.6 is 0 Å². The molecule has 1 N–H and O–H groups in total. The summed E-state index contributed by atoms with van der Waals surface area (Å²) < 4.78 is 28.0. The first kappa shape index (κ1) is 12.5. The lowest BCUT2D eigenvalue weighted by molar-refractivity contribution is 0.574. The van der Waals surface area contributed by atoms with Crippen molar-refractivity contribution >= 4 is 11.6 Å². The Hall–Kier alpha value is -2.50. The monoisotopic (exact) mass is 274 g/mol. The van der Waals surface area contributed by atoms with Crippen LogP contribution in [-0.4, -0.2) is 14.6 Å². The summed E-state index contributed by atoms with van der Waals surface area (Å²) >= 11 is 0. The van der Waals surface area contributed by atoms with Crippen molar-refractivity contribution in [3.05, 3.63) is 59.3 Å². The largest absolute Gasteiger partial charge is 0.349 e. The number of aromatic nitrogens is 3. The summed E-state index contributed by atoms with van der Waals surface area (Å²) in [5.74, 6) is -0.770. The van der Waals surface area contributed by atoms with E-state index in [-0.39, 0.29) is 6.54 Å². The molecular weight excluding hydrogens is 262 g/mol. The molecule has 0 atom stereocenters. The summed E-state index contributed by atoms with van der Waals surface area (Å²) in [6.45, 7) is 2.13. The number of rotatable bonds is 3. The maximum Gasteiger partial charge on any atom is 0.243 e. The van der Waals surface area contributed by atoms with Gasteiger partial charge in [-0.05, 0) is 24.6 Å². The summed E-state index contributed by atoms with van der Waals surface area (Å²) in [4.78, 5) is 4.32. The van der Waals surface area contributed by atoms with Gasteiger partial charge < -0.3 is 5.32 Å². The number of nitrogens with one attached hydrogen (secondary N) is 1. The molecule has 102 valence electrons. The minimum Gasteiger partial charge on any atom is -0.349 e. The first-order valence-corrected chi connectivity index (χ1v) is 6.13. The third-order valence-electron chi connectivity index (χ3n) is 3.01. The number of halogens is 2. The number of pyridine rings is 1. The van der Waals surface area contributed by atoms with Crippen LogP contribution in [-0.2, 0) is 6.54 Å². The van der Waals surface area contributed by atoms with Crippen molar-refractivity contribution in [3.8, 4) is 0 Å². The first-order chi connectivity index (χ1) is 9.63. The van der Waals surface area contributed by atoms with Crippen molar-refractivity contribution in [1.82, 2.24) is 14.6 Å². The van der Waals surface area contributed by atoms with Crippen LogP contribution in [0.25, 0.3) is 5.65 Å². The van der Waals surface area contributed by atoms with E-state index in [1.807, 2.05) is 19.1 Å². The third-order valence-corrected chi connectivity index (χ3v) is 3.01. The average Bonchev–Trinajstić information content (AvgIpc) is 2.82. The smallest absolute Gasteiger partial charge is 0.243 e. The molecule has 0 saturated carbocycles. The normalized spacial score (nSPS) is 10.9. The van der Waals surface area contributed by atoms with E-state index in [4.69, 9.17) is 0 Å². The van der Waals surface area contributed by atoms with Crippen LogP contribution in [0.2, 0.25) is 0 Å². The lowest BCUT2D eigenvalue weighted by Gasteiger charge is -2.03. The zero-order chi connectivity index (χ0) is 14.1. The summed E-state index contributed by atoms with van der Waals surface area (Å²) in [5, 5.41) is 7.17. The molecular formula is C14H12F2N4. The third kappa shape index (κ3) is 2.32. The number of fused-ring (bicyclic) bond motifs is 1. The van der Waals surface area contributed by atoms with E-state index in [0.29, 0.717) is 11.5 Å². The molecule has 3 aromatic rings. The number of benzene rings is 1. The number of aryl methyl sites for hydroxylation is 1. The lowest BCUT2D eigenvalue weighted by Crippen LogP contribution is -2.03. The molecule has 0 radical (unpaired) electrons. The van der Waals surface area contributed by atoms with Crippen LogP contribution in [0, 0.1) is 18.6 Å². The molecule has 0 fully saturated rings. The van der Waals surface area contributed by atoms with Gasteiger partial charge in [-0.25, -0.2) is 13.3 Å². The van der Waals surface area contributed by atoms with Crippen LogP contribution < -0.4 is 5.32 Å². The number of nitrogens with zero attached hydrogens (tertiary/aromatic N) is 3. The van der Waals surface area contributed by atoms with E-state index in [1.54, 1.807) is 10.7 Å². The maximum atomic E-state index is 13.5. The van der Waals surface area contributed by atoms with Gasteiger partial charge in [0.2, 0.25) is 5.95 Å². The standard InChI is InChI=1S/C14H12F2N4/c1-9-3-2-6-20-13(9)18-14(19-20)17-8-10-4-5-11(15)7-12(10)16/h2-7H,8H2,1H3,(H,17,19). The molecule has 3 rings (SSSR count). The molecule has 0 aliphatic heterocycles. The number of anilines is 1. The topological polar surface area (TPSA) is 42.2 Å². The van der Waals surface area contributed by atoms with Crippen LogP contribution in [0.4, 0.5) is 14.7 Å². The maximum absolute atomic E-state index is 13.5. The lowest BCUT2D eigenvalue weighted by atomic mass is 10.2. The van der Waals surface area contributed by atoms with Crippen LogP contribution in [0.3, 0.4) is 0 Å². The highest BCUT2D eigenvalue weighted by atomic mass is 19.1. The molecule has 1 aromatic carbocycles. The Morgan fingerprint density at radius 2 is 2.10 bits per heavy atom. The van der Waals surface area contributed by atoms with Crippen LogP contribution in [0.15, 0.2) is 36.5 Å². The quantitative estimate of drug-likeness (QED) is 0.798. The highest BCUT2D eigenvalue weighted by Crippen LogP contribution is 2.13. The molecule has 20 heavy (non-hydrogen) atoms. The van der Waals surface area contributed by atoms with Gasteiger partial charge in [0.1, 0.15) is 11.6 Å². The van der Waals surface area contributed by atoms with E-state index in [9.17, 15) is 8.78 Å². The van der Waals surface area contributed by atoms with Gasteiger partial charge in [0, 0.05) is 24.4 Å². The Bertz CT molecular complexity index is 767. The molecule has 0 saturated heterocycles. The van der Waals surface area contributed by atoms with Gasteiger partial charge in [-0.2, -0.15) is 4.98 Å². The summed E-state index contributed by atoms with van der Waals surface area (Å²) in [7, 11) is 0. The van der Waals surface area contributed by atoms with E-state index in [0.717, 1.165) is 17.3 Å². The Kier molecular flexibility index (Phi) is 3.06. The molecule has 0 bridgehead atoms. The van der Waals surface area contributed by atoms with Crippen molar-refractivity contribution in [2.24, 2.45) is 0 Å². The van der Waals surface area contributed by atoms with Crippen LogP contribution in [0.1, 0.15) is 11.1 Å². The first-order valence-electron chi connectivity index (χ1n) is 6.13. The van der Waals surface area contributed by atoms with E-state index in [2.05, 4.69) is 15.4 Å². The van der Waals surface area contributed by atoms with E-state index >= 15 is 0 Å². The molecule has 0 aliphatic carbocycles. The van der Waals surface area contributed by atoms with Gasteiger partial charge in [0.25, 0.3) is 0 Å². The SMILES string of the molecule is Cc1cccn2nc(NCc3ccc(F)cc3F)nc12. The van der Waals surface area contributed by atoms with Gasteiger partial charge in [-0.3, -0.25) is 0 Å². The van der Waals surface area contributed by atoms with Gasteiger partial charge in [0.05, 0.1) is 0 Å². The molecule has 0 amide bonds. The van der Waals surface area contributed by atoms with Gasteiger partial charge in [-0.15, -0.1) is 5.10 Å². The fourth-order valence-electron chi connectivity index (χ4n) is 1.95. The Balaban J connectivity index is 1.81. The molecule has 0 unspecified atom stereocenters. The summed E-state index contributed by atoms with van der Waals surface area (Å²) in [6.07, 6.45) is 1.79.